The fraction of sp³-hybridized carbons (Fsp3) is 0.889. The SMILES string of the molecule is [CH2]CC[CH]CCCCCCCCCCCCCC. The molecule has 0 saturated heterocycles. The van der Waals surface area contributed by atoms with Crippen LogP contribution in [0.2, 0.25) is 0 Å². The molecule has 2 radical (unpaired) electrons. The van der Waals surface area contributed by atoms with E-state index >= 15 is 0 Å². The Bertz CT molecular complexity index is 112. The van der Waals surface area contributed by atoms with Gasteiger partial charge in [0.1, 0.15) is 0 Å². The third-order valence-corrected chi connectivity index (χ3v) is 3.67. The number of hydrogen-bond donors (Lipinski definition) is 0. The third-order valence-electron chi connectivity index (χ3n) is 3.67. The van der Waals surface area contributed by atoms with E-state index in [0.29, 0.717) is 0 Å². The molecule has 0 aromatic rings. The van der Waals surface area contributed by atoms with Crippen LogP contribution in [0.25, 0.3) is 0 Å². The second-order valence-electron chi connectivity index (χ2n) is 5.61. The standard InChI is InChI=1S/C18H36/c1-3-5-7-9-11-13-15-17-18-16-14-12-10-8-6-4-2/h7H,1,3-6,8-18H2,2H3. The second kappa shape index (κ2) is 17.0. The van der Waals surface area contributed by atoms with Gasteiger partial charge in [-0.1, -0.05) is 110 Å². The second-order valence-corrected chi connectivity index (χ2v) is 5.61. The van der Waals surface area contributed by atoms with Crippen molar-refractivity contribution in [2.24, 2.45) is 0 Å². The fourth-order valence-electron chi connectivity index (χ4n) is 2.42. The zero-order valence-electron chi connectivity index (χ0n) is 12.9. The van der Waals surface area contributed by atoms with Gasteiger partial charge in [-0.05, 0) is 6.42 Å². The fourth-order valence-corrected chi connectivity index (χ4v) is 2.42. The highest BCUT2D eigenvalue weighted by Gasteiger charge is 1.93. The van der Waals surface area contributed by atoms with Crippen LogP contribution < -0.4 is 0 Å². The van der Waals surface area contributed by atoms with E-state index in [-0.39, 0.29) is 0 Å². The summed E-state index contributed by atoms with van der Waals surface area (Å²) in [6.07, 6.45) is 23.4. The van der Waals surface area contributed by atoms with E-state index in [1.54, 1.807) is 0 Å². The van der Waals surface area contributed by atoms with Gasteiger partial charge >= 0.3 is 0 Å². The molecule has 0 saturated carbocycles. The van der Waals surface area contributed by atoms with Gasteiger partial charge in [-0.25, -0.2) is 0 Å². The van der Waals surface area contributed by atoms with Crippen LogP contribution in [0.3, 0.4) is 0 Å². The van der Waals surface area contributed by atoms with E-state index in [1.807, 2.05) is 0 Å². The molecule has 0 heteroatoms. The summed E-state index contributed by atoms with van der Waals surface area (Å²) < 4.78 is 0. The van der Waals surface area contributed by atoms with Crippen LogP contribution in [0.5, 0.6) is 0 Å². The monoisotopic (exact) mass is 252 g/mol. The van der Waals surface area contributed by atoms with Crippen molar-refractivity contribution in [3.63, 3.8) is 0 Å². The molecule has 108 valence electrons. The molecule has 0 N–H and O–H groups in total. The van der Waals surface area contributed by atoms with Crippen LogP contribution >= 0.6 is 0 Å². The molecule has 0 amide bonds. The molecule has 0 heterocycles. The highest BCUT2D eigenvalue weighted by atomic mass is 14.0. The lowest BCUT2D eigenvalue weighted by molar-refractivity contribution is 0.542. The summed E-state index contributed by atoms with van der Waals surface area (Å²) in [6.45, 7) is 6.14. The van der Waals surface area contributed by atoms with Crippen LogP contribution in [0.4, 0.5) is 0 Å². The van der Waals surface area contributed by atoms with Crippen molar-refractivity contribution in [2.45, 2.75) is 103 Å². The first-order valence-corrected chi connectivity index (χ1v) is 8.52. The lowest BCUT2D eigenvalue weighted by Crippen LogP contribution is -1.83. The van der Waals surface area contributed by atoms with Crippen molar-refractivity contribution in [1.29, 1.82) is 0 Å². The topological polar surface area (TPSA) is 0 Å². The smallest absolute Gasteiger partial charge is 0.0386 e. The molecular weight excluding hydrogens is 216 g/mol. The van der Waals surface area contributed by atoms with Crippen LogP contribution in [-0.2, 0) is 0 Å². The van der Waals surface area contributed by atoms with Gasteiger partial charge in [0.15, 0.2) is 0 Å². The first kappa shape index (κ1) is 18.0. The average molecular weight is 252 g/mol. The summed E-state index contributed by atoms with van der Waals surface area (Å²) >= 11 is 0. The zero-order valence-corrected chi connectivity index (χ0v) is 12.9. The molecule has 18 heavy (non-hydrogen) atoms. The van der Waals surface area contributed by atoms with E-state index in [9.17, 15) is 0 Å². The molecule has 0 aromatic carbocycles. The Kier molecular flexibility index (Phi) is 17.0. The van der Waals surface area contributed by atoms with Gasteiger partial charge in [0.2, 0.25) is 0 Å². The predicted molar refractivity (Wildman–Crippen MR) is 84.6 cm³/mol. The first-order valence-electron chi connectivity index (χ1n) is 8.52. The molecule has 0 fully saturated rings. The van der Waals surface area contributed by atoms with E-state index in [4.69, 9.17) is 0 Å². The van der Waals surface area contributed by atoms with Gasteiger partial charge in [-0.2, -0.15) is 0 Å². The Balaban J connectivity index is 2.86. The number of unbranched alkanes of at least 4 members (excludes halogenated alkanes) is 15. The summed E-state index contributed by atoms with van der Waals surface area (Å²) in [7, 11) is 0. The highest BCUT2D eigenvalue weighted by molar-refractivity contribution is 4.64. The van der Waals surface area contributed by atoms with Gasteiger partial charge in [-0.15, -0.1) is 0 Å². The third kappa shape index (κ3) is 16.0. The minimum absolute atomic E-state index is 1.07. The van der Waals surface area contributed by atoms with E-state index in [2.05, 4.69) is 20.3 Å². The minimum Gasteiger partial charge on any atom is -0.0654 e. The Labute approximate surface area is 117 Å². The van der Waals surface area contributed by atoms with Crippen molar-refractivity contribution in [2.75, 3.05) is 0 Å². The molecule has 0 aliphatic carbocycles. The Hall–Kier alpha value is 0. The van der Waals surface area contributed by atoms with Gasteiger partial charge in [-0.3, -0.25) is 0 Å². The summed E-state index contributed by atoms with van der Waals surface area (Å²) in [4.78, 5) is 0. The van der Waals surface area contributed by atoms with Crippen LogP contribution in [-0.4, -0.2) is 0 Å². The molecule has 0 spiro atoms. The number of hydrogen-bond acceptors (Lipinski definition) is 0. The Morgan fingerprint density at radius 2 is 1.06 bits per heavy atom. The Morgan fingerprint density at radius 3 is 1.50 bits per heavy atom. The maximum absolute atomic E-state index is 3.85. The normalized spacial score (nSPS) is 11.0. The van der Waals surface area contributed by atoms with Crippen molar-refractivity contribution in [3.05, 3.63) is 13.3 Å². The molecule has 0 atom stereocenters. The lowest BCUT2D eigenvalue weighted by Gasteiger charge is -2.02. The van der Waals surface area contributed by atoms with Gasteiger partial charge in [0.05, 0.1) is 0 Å². The van der Waals surface area contributed by atoms with E-state index in [1.165, 1.54) is 89.9 Å². The van der Waals surface area contributed by atoms with Crippen molar-refractivity contribution >= 4 is 0 Å². The summed E-state index contributed by atoms with van der Waals surface area (Å²) in [5.41, 5.74) is 0. The summed E-state index contributed by atoms with van der Waals surface area (Å²) in [5.74, 6) is 0. The summed E-state index contributed by atoms with van der Waals surface area (Å²) in [5, 5.41) is 0. The molecule has 0 bridgehead atoms. The maximum atomic E-state index is 3.85. The highest BCUT2D eigenvalue weighted by Crippen LogP contribution is 2.13. The predicted octanol–water partition coefficient (Wildman–Crippen LogP) is 6.90. The van der Waals surface area contributed by atoms with E-state index in [0.717, 1.165) is 6.42 Å². The molecule has 0 aromatic heterocycles. The van der Waals surface area contributed by atoms with Gasteiger partial charge in [0.25, 0.3) is 0 Å². The maximum Gasteiger partial charge on any atom is -0.0386 e. The van der Waals surface area contributed by atoms with Crippen molar-refractivity contribution in [1.82, 2.24) is 0 Å². The lowest BCUT2D eigenvalue weighted by atomic mass is 10.0. The zero-order chi connectivity index (χ0) is 13.3. The van der Waals surface area contributed by atoms with Crippen molar-refractivity contribution < 1.29 is 0 Å². The van der Waals surface area contributed by atoms with Crippen LogP contribution in [0.15, 0.2) is 0 Å². The molecule has 0 aliphatic rings. The van der Waals surface area contributed by atoms with Crippen LogP contribution in [0, 0.1) is 13.3 Å². The molecule has 0 unspecified atom stereocenters. The summed E-state index contributed by atoms with van der Waals surface area (Å²) in [6, 6.07) is 0. The Morgan fingerprint density at radius 1 is 0.611 bits per heavy atom. The average Bonchev–Trinajstić information content (AvgIpc) is 2.39. The largest absolute Gasteiger partial charge is 0.0654 e. The molecular formula is C18H36. The van der Waals surface area contributed by atoms with Gasteiger partial charge < -0.3 is 0 Å². The number of rotatable bonds is 15. The van der Waals surface area contributed by atoms with E-state index < -0.39 is 0 Å². The molecule has 0 aliphatic heterocycles. The molecule has 0 nitrogen and oxygen atoms in total. The molecule has 0 rings (SSSR count). The van der Waals surface area contributed by atoms with Crippen molar-refractivity contribution in [3.8, 4) is 0 Å². The quantitative estimate of drug-likeness (QED) is 0.278. The van der Waals surface area contributed by atoms with Crippen LogP contribution in [0.1, 0.15) is 103 Å². The first-order chi connectivity index (χ1) is 8.91. The van der Waals surface area contributed by atoms with Gasteiger partial charge in [0, 0.05) is 0 Å². The minimum atomic E-state index is 1.07.